The molecule has 1 fully saturated rings. The van der Waals surface area contributed by atoms with Gasteiger partial charge >= 0.3 is 5.97 Å². The highest BCUT2D eigenvalue weighted by Crippen LogP contribution is 2.23. The van der Waals surface area contributed by atoms with Crippen LogP contribution in [0.1, 0.15) is 18.1 Å². The zero-order valence-corrected chi connectivity index (χ0v) is 13.0. The number of H-pyrrole nitrogens is 1. The molecule has 0 bridgehead atoms. The number of nitrogens with zero attached hydrogens (tertiary/aromatic N) is 1. The maximum atomic E-state index is 12.6. The summed E-state index contributed by atoms with van der Waals surface area (Å²) in [6.45, 7) is 2.84. The summed E-state index contributed by atoms with van der Waals surface area (Å²) in [5.41, 5.74) is 3.15. The molecule has 122 valence electrons. The second-order valence-corrected chi connectivity index (χ2v) is 5.70. The van der Waals surface area contributed by atoms with Gasteiger partial charge in [0.2, 0.25) is 5.91 Å². The Balaban J connectivity index is 1.84. The molecule has 2 aromatic rings. The predicted molar refractivity (Wildman–Crippen MR) is 85.3 cm³/mol. The van der Waals surface area contributed by atoms with Gasteiger partial charge in [-0.15, -0.1) is 0 Å². The minimum atomic E-state index is -1.02. The Morgan fingerprint density at radius 2 is 2.22 bits per heavy atom. The third kappa shape index (κ3) is 2.94. The number of ether oxygens (including phenoxy) is 1. The number of aromatic amines is 1. The summed E-state index contributed by atoms with van der Waals surface area (Å²) < 4.78 is 5.18. The van der Waals surface area contributed by atoms with E-state index < -0.39 is 12.0 Å². The van der Waals surface area contributed by atoms with Crippen LogP contribution in [-0.2, 0) is 27.2 Å². The van der Waals surface area contributed by atoms with Crippen LogP contribution in [0, 0.1) is 0 Å². The molecule has 1 atom stereocenters. The van der Waals surface area contributed by atoms with Crippen molar-refractivity contribution >= 4 is 22.8 Å². The molecule has 2 N–H and O–H groups in total. The highest BCUT2D eigenvalue weighted by atomic mass is 16.5. The number of rotatable bonds is 4. The molecule has 3 rings (SSSR count). The minimum absolute atomic E-state index is 0.0505. The molecule has 0 spiro atoms. The van der Waals surface area contributed by atoms with Gasteiger partial charge in [-0.25, -0.2) is 4.79 Å². The first kappa shape index (κ1) is 15.6. The van der Waals surface area contributed by atoms with Gasteiger partial charge in [-0.2, -0.15) is 0 Å². The number of carboxylic acids is 1. The van der Waals surface area contributed by atoms with Crippen molar-refractivity contribution in [2.24, 2.45) is 0 Å². The van der Waals surface area contributed by atoms with Crippen LogP contribution in [0.3, 0.4) is 0 Å². The molecule has 1 amide bonds. The van der Waals surface area contributed by atoms with Crippen molar-refractivity contribution in [3.63, 3.8) is 0 Å². The van der Waals surface area contributed by atoms with Crippen LogP contribution in [0.5, 0.6) is 0 Å². The molecule has 23 heavy (non-hydrogen) atoms. The summed E-state index contributed by atoms with van der Waals surface area (Å²) in [5.74, 6) is -1.20. The fraction of sp³-hybridized carbons (Fsp3) is 0.412. The van der Waals surface area contributed by atoms with Crippen molar-refractivity contribution < 1.29 is 19.4 Å². The smallest absolute Gasteiger partial charge is 0.328 e. The monoisotopic (exact) mass is 316 g/mol. The van der Waals surface area contributed by atoms with Gasteiger partial charge in [0.05, 0.1) is 19.6 Å². The van der Waals surface area contributed by atoms with Gasteiger partial charge in [0.25, 0.3) is 0 Å². The summed E-state index contributed by atoms with van der Waals surface area (Å²) in [6, 6.07) is 5.14. The third-order valence-electron chi connectivity index (χ3n) is 4.34. The molecule has 6 nitrogen and oxygen atoms in total. The Bertz CT molecular complexity index is 737. The Morgan fingerprint density at radius 3 is 2.96 bits per heavy atom. The third-order valence-corrected chi connectivity index (χ3v) is 4.34. The van der Waals surface area contributed by atoms with Crippen LogP contribution in [-0.4, -0.2) is 52.7 Å². The quantitative estimate of drug-likeness (QED) is 0.897. The second kappa shape index (κ2) is 6.42. The summed E-state index contributed by atoms with van der Waals surface area (Å²) in [5, 5.41) is 10.3. The number of morpholine rings is 1. The van der Waals surface area contributed by atoms with Crippen LogP contribution >= 0.6 is 0 Å². The van der Waals surface area contributed by atoms with Crippen LogP contribution in [0.15, 0.2) is 24.4 Å². The lowest BCUT2D eigenvalue weighted by molar-refractivity contribution is -0.157. The topological polar surface area (TPSA) is 82.6 Å². The molecular formula is C17H20N2O4. The number of benzene rings is 1. The number of hydrogen-bond acceptors (Lipinski definition) is 3. The average molecular weight is 316 g/mol. The molecule has 1 aliphatic heterocycles. The summed E-state index contributed by atoms with van der Waals surface area (Å²) in [7, 11) is 0. The first-order valence-corrected chi connectivity index (χ1v) is 7.79. The number of fused-ring (bicyclic) bond motifs is 1. The number of nitrogens with one attached hydrogen (secondary N) is 1. The van der Waals surface area contributed by atoms with Crippen molar-refractivity contribution in [1.29, 1.82) is 0 Å². The molecule has 0 aliphatic carbocycles. The Kier molecular flexibility index (Phi) is 4.34. The lowest BCUT2D eigenvalue weighted by Gasteiger charge is -2.32. The first-order valence-electron chi connectivity index (χ1n) is 7.79. The van der Waals surface area contributed by atoms with Crippen molar-refractivity contribution in [2.45, 2.75) is 25.8 Å². The SMILES string of the molecule is CCc1cccc2c(CC(=O)N3CCOC[C@H]3C(=O)O)c[nH]c12. The van der Waals surface area contributed by atoms with E-state index in [0.29, 0.717) is 13.2 Å². The normalized spacial score (nSPS) is 18.3. The summed E-state index contributed by atoms with van der Waals surface area (Å²) in [4.78, 5) is 28.5. The zero-order chi connectivity index (χ0) is 16.4. The van der Waals surface area contributed by atoms with E-state index in [2.05, 4.69) is 18.0 Å². The molecule has 0 unspecified atom stereocenters. The standard InChI is InChI=1S/C17H20N2O4/c1-2-11-4-3-5-13-12(9-18-16(11)13)8-15(20)19-6-7-23-10-14(19)17(21)22/h3-5,9,14,18H,2,6-8,10H2,1H3,(H,21,22)/t14-/m0/s1. The molecule has 1 aromatic carbocycles. The molecule has 1 saturated heterocycles. The first-order chi connectivity index (χ1) is 11.1. The van der Waals surface area contributed by atoms with E-state index in [9.17, 15) is 14.7 Å². The van der Waals surface area contributed by atoms with Crippen molar-refractivity contribution in [3.8, 4) is 0 Å². The van der Waals surface area contributed by atoms with Crippen molar-refractivity contribution in [1.82, 2.24) is 9.88 Å². The maximum absolute atomic E-state index is 12.6. The fourth-order valence-corrected chi connectivity index (χ4v) is 3.09. The van der Waals surface area contributed by atoms with E-state index in [1.807, 2.05) is 18.3 Å². The van der Waals surface area contributed by atoms with Gasteiger partial charge in [-0.3, -0.25) is 4.79 Å². The number of carbonyl (C=O) groups is 2. The number of carbonyl (C=O) groups excluding carboxylic acids is 1. The molecule has 6 heteroatoms. The number of aromatic nitrogens is 1. The molecule has 0 saturated carbocycles. The number of amides is 1. The minimum Gasteiger partial charge on any atom is -0.480 e. The van der Waals surface area contributed by atoms with Gasteiger partial charge in [0.1, 0.15) is 0 Å². The van der Waals surface area contributed by atoms with Crippen LogP contribution in [0.4, 0.5) is 0 Å². The van der Waals surface area contributed by atoms with Gasteiger partial charge in [0, 0.05) is 23.6 Å². The van der Waals surface area contributed by atoms with E-state index >= 15 is 0 Å². The predicted octanol–water partition coefficient (Wildman–Crippen LogP) is 1.58. The van der Waals surface area contributed by atoms with E-state index in [1.165, 1.54) is 10.5 Å². The highest BCUT2D eigenvalue weighted by molar-refractivity contribution is 5.92. The number of hydrogen-bond donors (Lipinski definition) is 2. The average Bonchev–Trinajstić information content (AvgIpc) is 2.97. The second-order valence-electron chi connectivity index (χ2n) is 5.70. The Labute approximate surface area is 134 Å². The number of aryl methyl sites for hydroxylation is 1. The van der Waals surface area contributed by atoms with Crippen molar-refractivity contribution in [2.75, 3.05) is 19.8 Å². The van der Waals surface area contributed by atoms with Gasteiger partial charge in [-0.05, 0) is 17.5 Å². The van der Waals surface area contributed by atoms with E-state index in [-0.39, 0.29) is 18.9 Å². The number of para-hydroxylation sites is 1. The highest BCUT2D eigenvalue weighted by Gasteiger charge is 2.32. The summed E-state index contributed by atoms with van der Waals surface area (Å²) in [6.07, 6.45) is 2.95. The molecular weight excluding hydrogens is 296 g/mol. The van der Waals surface area contributed by atoms with Crippen LogP contribution in [0.2, 0.25) is 0 Å². The Morgan fingerprint density at radius 1 is 1.39 bits per heavy atom. The largest absolute Gasteiger partial charge is 0.480 e. The van der Waals surface area contributed by atoms with E-state index in [4.69, 9.17) is 4.74 Å². The van der Waals surface area contributed by atoms with E-state index in [0.717, 1.165) is 22.9 Å². The van der Waals surface area contributed by atoms with Crippen molar-refractivity contribution in [3.05, 3.63) is 35.5 Å². The van der Waals surface area contributed by atoms with Gasteiger partial charge in [-0.1, -0.05) is 25.1 Å². The van der Waals surface area contributed by atoms with E-state index in [1.54, 1.807) is 0 Å². The lowest BCUT2D eigenvalue weighted by atomic mass is 10.0. The molecule has 2 heterocycles. The number of carboxylic acid groups (broad SMARTS) is 1. The number of aliphatic carboxylic acids is 1. The zero-order valence-electron chi connectivity index (χ0n) is 13.0. The Hall–Kier alpha value is -2.34. The maximum Gasteiger partial charge on any atom is 0.328 e. The van der Waals surface area contributed by atoms with Gasteiger partial charge < -0.3 is 19.7 Å². The van der Waals surface area contributed by atoms with Crippen LogP contribution in [0.25, 0.3) is 10.9 Å². The molecule has 1 aromatic heterocycles. The molecule has 0 radical (unpaired) electrons. The molecule has 1 aliphatic rings. The summed E-state index contributed by atoms with van der Waals surface area (Å²) >= 11 is 0. The van der Waals surface area contributed by atoms with Crippen LogP contribution < -0.4 is 0 Å². The van der Waals surface area contributed by atoms with Gasteiger partial charge in [0.15, 0.2) is 6.04 Å². The lowest BCUT2D eigenvalue weighted by Crippen LogP contribution is -2.53. The fourth-order valence-electron chi connectivity index (χ4n) is 3.09.